The summed E-state index contributed by atoms with van der Waals surface area (Å²) in [4.78, 5) is 18.3. The normalized spacial score (nSPS) is 27.9. The van der Waals surface area contributed by atoms with Crippen LogP contribution >= 0.6 is 0 Å². The molecule has 0 radical (unpaired) electrons. The van der Waals surface area contributed by atoms with Gasteiger partial charge in [0.15, 0.2) is 0 Å². The van der Waals surface area contributed by atoms with E-state index in [2.05, 4.69) is 15.1 Å². The molecule has 2 heterocycles. The molecule has 0 aliphatic carbocycles. The van der Waals surface area contributed by atoms with Gasteiger partial charge in [0, 0.05) is 58.9 Å². The van der Waals surface area contributed by atoms with Gasteiger partial charge in [0.25, 0.3) is 0 Å². The van der Waals surface area contributed by atoms with Crippen molar-refractivity contribution in [3.8, 4) is 0 Å². The summed E-state index contributed by atoms with van der Waals surface area (Å²) in [6, 6.07) is 0.528. The maximum Gasteiger partial charge on any atom is 0.219 e. The summed E-state index contributed by atoms with van der Waals surface area (Å²) in [6.45, 7) is 8.80. The molecular weight excluding hydrogens is 204 g/mol. The van der Waals surface area contributed by atoms with E-state index in [1.807, 2.05) is 11.9 Å². The Balaban J connectivity index is 1.90. The number of piperazine rings is 2. The Morgan fingerprint density at radius 2 is 2.00 bits per heavy atom. The third-order valence-electron chi connectivity index (χ3n) is 3.60. The van der Waals surface area contributed by atoms with Crippen molar-refractivity contribution in [3.63, 3.8) is 0 Å². The highest BCUT2D eigenvalue weighted by molar-refractivity contribution is 5.73. The minimum absolute atomic E-state index is 0.213. The van der Waals surface area contributed by atoms with Gasteiger partial charge in [-0.2, -0.15) is 0 Å². The van der Waals surface area contributed by atoms with Gasteiger partial charge in [-0.25, -0.2) is 0 Å². The zero-order valence-corrected chi connectivity index (χ0v) is 10.3. The van der Waals surface area contributed by atoms with E-state index in [0.717, 1.165) is 45.9 Å². The van der Waals surface area contributed by atoms with Crippen molar-refractivity contribution >= 4 is 5.91 Å². The van der Waals surface area contributed by atoms with Crippen LogP contribution in [-0.4, -0.2) is 79.6 Å². The number of amides is 1. The molecule has 5 heteroatoms. The van der Waals surface area contributed by atoms with Crippen LogP contribution in [-0.2, 0) is 4.79 Å². The first-order valence-electron chi connectivity index (χ1n) is 6.07. The molecule has 1 atom stereocenters. The van der Waals surface area contributed by atoms with E-state index >= 15 is 0 Å². The number of carbonyl (C=O) groups excluding carboxylic acids is 1. The zero-order valence-electron chi connectivity index (χ0n) is 10.3. The van der Waals surface area contributed by atoms with Crippen molar-refractivity contribution in [2.45, 2.75) is 13.0 Å². The molecule has 0 aromatic carbocycles. The Morgan fingerprint density at radius 1 is 1.25 bits per heavy atom. The van der Waals surface area contributed by atoms with Gasteiger partial charge in [-0.3, -0.25) is 14.6 Å². The smallest absolute Gasteiger partial charge is 0.219 e. The second kappa shape index (κ2) is 5.12. The molecule has 2 aliphatic rings. The molecule has 2 saturated heterocycles. The van der Waals surface area contributed by atoms with Crippen molar-refractivity contribution in [1.82, 2.24) is 20.0 Å². The number of rotatable bonds is 2. The first kappa shape index (κ1) is 11.8. The lowest BCUT2D eigenvalue weighted by atomic mass is 10.1. The van der Waals surface area contributed by atoms with E-state index in [9.17, 15) is 4.79 Å². The summed E-state index contributed by atoms with van der Waals surface area (Å²) in [5.41, 5.74) is 0. The maximum atomic E-state index is 11.4. The number of nitrogens with one attached hydrogen (secondary N) is 1. The minimum Gasteiger partial charge on any atom is -0.340 e. The van der Waals surface area contributed by atoms with Crippen LogP contribution in [0.1, 0.15) is 6.92 Å². The number of nitrogens with zero attached hydrogens (tertiary/aromatic N) is 3. The molecule has 1 unspecified atom stereocenters. The molecule has 92 valence electrons. The van der Waals surface area contributed by atoms with Gasteiger partial charge < -0.3 is 10.2 Å². The third kappa shape index (κ3) is 2.53. The van der Waals surface area contributed by atoms with Crippen molar-refractivity contribution < 1.29 is 4.79 Å². The van der Waals surface area contributed by atoms with Gasteiger partial charge in [0.1, 0.15) is 0 Å². The highest BCUT2D eigenvalue weighted by Crippen LogP contribution is 2.15. The molecule has 16 heavy (non-hydrogen) atoms. The Hall–Kier alpha value is -0.650. The number of hydrogen-bond acceptors (Lipinski definition) is 4. The Morgan fingerprint density at radius 3 is 2.69 bits per heavy atom. The van der Waals surface area contributed by atoms with Crippen LogP contribution < -0.4 is 5.32 Å². The van der Waals surface area contributed by atoms with Gasteiger partial charge in [-0.1, -0.05) is 0 Å². The van der Waals surface area contributed by atoms with Gasteiger partial charge in [0.2, 0.25) is 5.91 Å². The predicted octanol–water partition coefficient (Wildman–Crippen LogP) is -0.988. The first-order valence-corrected chi connectivity index (χ1v) is 6.07. The van der Waals surface area contributed by atoms with Crippen LogP contribution in [0.2, 0.25) is 0 Å². The summed E-state index contributed by atoms with van der Waals surface area (Å²) in [5, 5.41) is 3.19. The average Bonchev–Trinajstić information content (AvgIpc) is 2.28. The fraction of sp³-hybridized carbons (Fsp3) is 0.909. The molecule has 1 N–H and O–H groups in total. The summed E-state index contributed by atoms with van der Waals surface area (Å²) in [5.74, 6) is 0.213. The summed E-state index contributed by atoms with van der Waals surface area (Å²) < 4.78 is 0. The minimum atomic E-state index is 0.213. The monoisotopic (exact) mass is 226 g/mol. The van der Waals surface area contributed by atoms with Gasteiger partial charge >= 0.3 is 0 Å². The number of carbonyl (C=O) groups is 1. The highest BCUT2D eigenvalue weighted by atomic mass is 16.2. The van der Waals surface area contributed by atoms with Crippen LogP contribution in [0.25, 0.3) is 0 Å². The van der Waals surface area contributed by atoms with Crippen molar-refractivity contribution in [3.05, 3.63) is 0 Å². The Kier molecular flexibility index (Phi) is 3.78. The second-order valence-corrected chi connectivity index (χ2v) is 4.74. The zero-order chi connectivity index (χ0) is 11.5. The lowest BCUT2D eigenvalue weighted by Gasteiger charge is -2.47. The lowest BCUT2D eigenvalue weighted by molar-refractivity contribution is -0.132. The van der Waals surface area contributed by atoms with Crippen LogP contribution in [0.4, 0.5) is 0 Å². The largest absolute Gasteiger partial charge is 0.340 e. The lowest BCUT2D eigenvalue weighted by Crippen LogP contribution is -2.63. The number of hydrogen-bond donors (Lipinski definition) is 1. The average molecular weight is 226 g/mol. The van der Waals surface area contributed by atoms with Crippen molar-refractivity contribution in [2.75, 3.05) is 53.0 Å². The van der Waals surface area contributed by atoms with E-state index in [1.54, 1.807) is 6.92 Å². The van der Waals surface area contributed by atoms with E-state index < -0.39 is 0 Å². The van der Waals surface area contributed by atoms with Gasteiger partial charge in [-0.05, 0) is 7.05 Å². The molecule has 5 nitrogen and oxygen atoms in total. The summed E-state index contributed by atoms with van der Waals surface area (Å²) in [6.07, 6.45) is 0. The summed E-state index contributed by atoms with van der Waals surface area (Å²) in [7, 11) is 1.98. The van der Waals surface area contributed by atoms with E-state index in [4.69, 9.17) is 0 Å². The molecule has 1 amide bonds. The highest BCUT2D eigenvalue weighted by Gasteiger charge is 2.32. The fourth-order valence-corrected chi connectivity index (χ4v) is 2.67. The topological polar surface area (TPSA) is 38.8 Å². The Labute approximate surface area is 97.4 Å². The SMILES string of the molecule is CNCN1CCN2CCN(C(C)=O)CC2C1. The Bertz CT molecular complexity index is 258. The van der Waals surface area contributed by atoms with Gasteiger partial charge in [0.05, 0.1) is 0 Å². The molecule has 0 saturated carbocycles. The van der Waals surface area contributed by atoms with Gasteiger partial charge in [-0.15, -0.1) is 0 Å². The number of fused-ring (bicyclic) bond motifs is 1. The van der Waals surface area contributed by atoms with Crippen LogP contribution in [0.3, 0.4) is 0 Å². The molecule has 0 aromatic rings. The quantitative estimate of drug-likeness (QED) is 0.656. The van der Waals surface area contributed by atoms with E-state index in [1.165, 1.54) is 0 Å². The van der Waals surface area contributed by atoms with Crippen molar-refractivity contribution in [1.29, 1.82) is 0 Å². The molecule has 0 spiro atoms. The van der Waals surface area contributed by atoms with Crippen LogP contribution in [0.5, 0.6) is 0 Å². The van der Waals surface area contributed by atoms with Crippen LogP contribution in [0, 0.1) is 0 Å². The molecular formula is C11H22N4O. The molecule has 0 bridgehead atoms. The first-order chi connectivity index (χ1) is 7.70. The fourth-order valence-electron chi connectivity index (χ4n) is 2.67. The molecule has 0 aromatic heterocycles. The predicted molar refractivity (Wildman–Crippen MR) is 63.1 cm³/mol. The molecule has 2 aliphatic heterocycles. The summed E-state index contributed by atoms with van der Waals surface area (Å²) >= 11 is 0. The van der Waals surface area contributed by atoms with Crippen LogP contribution in [0.15, 0.2) is 0 Å². The standard InChI is InChI=1S/C11H22N4O/c1-10(16)15-6-5-14-4-3-13(9-12-2)7-11(14)8-15/h11-12H,3-9H2,1-2H3. The second-order valence-electron chi connectivity index (χ2n) is 4.74. The van der Waals surface area contributed by atoms with E-state index in [-0.39, 0.29) is 5.91 Å². The molecule has 2 fully saturated rings. The third-order valence-corrected chi connectivity index (χ3v) is 3.60. The molecule has 2 rings (SSSR count). The van der Waals surface area contributed by atoms with Crippen molar-refractivity contribution in [2.24, 2.45) is 0 Å². The maximum absolute atomic E-state index is 11.4. The van der Waals surface area contributed by atoms with E-state index in [0.29, 0.717) is 6.04 Å².